The van der Waals surface area contributed by atoms with Crippen LogP contribution in [0.25, 0.3) is 0 Å². The topological polar surface area (TPSA) is 51.4 Å². The van der Waals surface area contributed by atoms with E-state index in [1.807, 2.05) is 0 Å². The molecule has 4 nitrogen and oxygen atoms in total. The first-order chi connectivity index (χ1) is 8.81. The number of morpholine rings is 1. The summed E-state index contributed by atoms with van der Waals surface area (Å²) >= 11 is 1.74. The molecule has 3 heterocycles. The van der Waals surface area contributed by atoms with Crippen molar-refractivity contribution < 1.29 is 4.74 Å². The van der Waals surface area contributed by atoms with Crippen molar-refractivity contribution in [2.45, 2.75) is 44.9 Å². The number of aromatic nitrogens is 1. The van der Waals surface area contributed by atoms with E-state index in [0.29, 0.717) is 12.6 Å². The fraction of sp³-hybridized carbons (Fsp3) is 0.769. The summed E-state index contributed by atoms with van der Waals surface area (Å²) in [5, 5.41) is 1.12. The number of thiazole rings is 1. The predicted octanol–water partition coefficient (Wildman–Crippen LogP) is 1.70. The van der Waals surface area contributed by atoms with Crippen molar-refractivity contribution in [3.05, 3.63) is 15.6 Å². The van der Waals surface area contributed by atoms with Gasteiger partial charge < -0.3 is 10.5 Å². The molecule has 2 saturated heterocycles. The second kappa shape index (κ2) is 5.25. The molecule has 0 amide bonds. The number of fused-ring (bicyclic) bond motifs is 1. The molecule has 2 N–H and O–H groups in total. The minimum atomic E-state index is 0.162. The van der Waals surface area contributed by atoms with Gasteiger partial charge in [0.2, 0.25) is 0 Å². The van der Waals surface area contributed by atoms with Gasteiger partial charge in [0.15, 0.2) is 0 Å². The molecule has 1 aromatic rings. The lowest BCUT2D eigenvalue weighted by atomic mass is 10.2. The molecule has 0 bridgehead atoms. The number of nitrogens with zero attached hydrogens (tertiary/aromatic N) is 2. The monoisotopic (exact) mass is 267 g/mol. The Morgan fingerprint density at radius 3 is 3.17 bits per heavy atom. The normalized spacial score (nSPS) is 28.6. The third kappa shape index (κ3) is 2.20. The van der Waals surface area contributed by atoms with E-state index >= 15 is 0 Å². The van der Waals surface area contributed by atoms with Gasteiger partial charge in [-0.1, -0.05) is 6.92 Å². The molecule has 0 aromatic carbocycles. The molecule has 2 fully saturated rings. The molecule has 2 aliphatic heterocycles. The van der Waals surface area contributed by atoms with Gasteiger partial charge in [-0.05, 0) is 25.8 Å². The van der Waals surface area contributed by atoms with Crippen LogP contribution in [0.4, 0.5) is 0 Å². The van der Waals surface area contributed by atoms with Gasteiger partial charge in [0.05, 0.1) is 12.3 Å². The molecule has 2 unspecified atom stereocenters. The lowest BCUT2D eigenvalue weighted by Crippen LogP contribution is -2.42. The Balaban J connectivity index is 1.76. The Morgan fingerprint density at radius 2 is 2.44 bits per heavy atom. The highest BCUT2D eigenvalue weighted by Crippen LogP contribution is 2.33. The van der Waals surface area contributed by atoms with Crippen LogP contribution < -0.4 is 5.73 Å². The summed E-state index contributed by atoms with van der Waals surface area (Å²) in [5.41, 5.74) is 6.93. The lowest BCUT2D eigenvalue weighted by Gasteiger charge is -2.34. The molecule has 3 rings (SSSR count). The molecule has 2 atom stereocenters. The van der Waals surface area contributed by atoms with Crippen molar-refractivity contribution in [3.8, 4) is 0 Å². The van der Waals surface area contributed by atoms with Crippen LogP contribution in [0.15, 0.2) is 0 Å². The van der Waals surface area contributed by atoms with Crippen LogP contribution in [-0.2, 0) is 17.7 Å². The molecule has 0 aliphatic carbocycles. The summed E-state index contributed by atoms with van der Waals surface area (Å²) in [6, 6.07) is 0.654. The minimum Gasteiger partial charge on any atom is -0.368 e. The molecule has 0 radical (unpaired) electrons. The van der Waals surface area contributed by atoms with Crippen LogP contribution in [-0.4, -0.2) is 35.6 Å². The largest absolute Gasteiger partial charge is 0.368 e. The zero-order valence-electron chi connectivity index (χ0n) is 10.9. The maximum atomic E-state index is 6.00. The lowest BCUT2D eigenvalue weighted by molar-refractivity contribution is -0.0502. The van der Waals surface area contributed by atoms with Crippen LogP contribution in [0.2, 0.25) is 0 Å². The maximum absolute atomic E-state index is 6.00. The van der Waals surface area contributed by atoms with Crippen LogP contribution in [0.3, 0.4) is 0 Å². The van der Waals surface area contributed by atoms with E-state index in [1.165, 1.54) is 24.3 Å². The van der Waals surface area contributed by atoms with E-state index in [4.69, 9.17) is 15.5 Å². The Kier molecular flexibility index (Phi) is 3.66. The average Bonchev–Trinajstić information content (AvgIpc) is 3.03. The van der Waals surface area contributed by atoms with Gasteiger partial charge in [0, 0.05) is 24.0 Å². The summed E-state index contributed by atoms with van der Waals surface area (Å²) in [5.74, 6) is 0. The van der Waals surface area contributed by atoms with Gasteiger partial charge in [-0.25, -0.2) is 4.98 Å². The molecule has 100 valence electrons. The van der Waals surface area contributed by atoms with Gasteiger partial charge in [0.25, 0.3) is 0 Å². The Bertz CT molecular complexity index is 399. The molecular weight excluding hydrogens is 246 g/mol. The summed E-state index contributed by atoms with van der Waals surface area (Å²) in [6.45, 7) is 5.82. The standard InChI is InChI=1S/C13H21N3OS/c1-2-10-12(6-14)18-13(15-10)11-7-16-5-3-4-9(16)8-17-11/h9,11H,2-8,14H2,1H3. The first-order valence-corrected chi connectivity index (χ1v) is 7.67. The third-order valence-electron chi connectivity index (χ3n) is 3.98. The van der Waals surface area contributed by atoms with Crippen molar-refractivity contribution >= 4 is 11.3 Å². The second-order valence-corrected chi connectivity index (χ2v) is 6.21. The summed E-state index contributed by atoms with van der Waals surface area (Å²) in [6.07, 6.45) is 3.73. The fourth-order valence-corrected chi connectivity index (χ4v) is 4.02. The smallest absolute Gasteiger partial charge is 0.123 e. The third-order valence-corrected chi connectivity index (χ3v) is 5.19. The SMILES string of the molecule is CCc1nc(C2CN3CCCC3CO2)sc1CN. The molecular formula is C13H21N3OS. The first kappa shape index (κ1) is 12.5. The van der Waals surface area contributed by atoms with Crippen LogP contribution in [0, 0.1) is 0 Å². The van der Waals surface area contributed by atoms with Crippen molar-refractivity contribution in [2.24, 2.45) is 5.73 Å². The highest BCUT2D eigenvalue weighted by atomic mass is 32.1. The Labute approximate surface area is 112 Å². The first-order valence-electron chi connectivity index (χ1n) is 6.86. The van der Waals surface area contributed by atoms with E-state index in [1.54, 1.807) is 11.3 Å². The highest BCUT2D eigenvalue weighted by Gasteiger charge is 2.34. The number of hydrogen-bond acceptors (Lipinski definition) is 5. The number of nitrogens with two attached hydrogens (primary N) is 1. The zero-order chi connectivity index (χ0) is 12.5. The Hall–Kier alpha value is -0.490. The van der Waals surface area contributed by atoms with Crippen LogP contribution in [0.5, 0.6) is 0 Å². The van der Waals surface area contributed by atoms with Gasteiger partial charge in [-0.15, -0.1) is 11.3 Å². The number of hydrogen-bond donors (Lipinski definition) is 1. The molecule has 5 heteroatoms. The number of rotatable bonds is 3. The molecule has 1 aromatic heterocycles. The van der Waals surface area contributed by atoms with Crippen LogP contribution >= 0.6 is 11.3 Å². The minimum absolute atomic E-state index is 0.162. The van der Waals surface area contributed by atoms with Crippen molar-refractivity contribution in [1.82, 2.24) is 9.88 Å². The van der Waals surface area contributed by atoms with Crippen molar-refractivity contribution in [1.29, 1.82) is 0 Å². The van der Waals surface area contributed by atoms with E-state index in [0.717, 1.165) is 30.3 Å². The maximum Gasteiger partial charge on any atom is 0.123 e. The number of ether oxygens (including phenoxy) is 1. The molecule has 18 heavy (non-hydrogen) atoms. The summed E-state index contributed by atoms with van der Waals surface area (Å²) in [4.78, 5) is 8.50. The van der Waals surface area contributed by atoms with E-state index in [9.17, 15) is 0 Å². The van der Waals surface area contributed by atoms with Crippen LogP contribution in [0.1, 0.15) is 41.4 Å². The van der Waals surface area contributed by atoms with Crippen molar-refractivity contribution in [2.75, 3.05) is 19.7 Å². The zero-order valence-corrected chi connectivity index (χ0v) is 11.7. The highest BCUT2D eigenvalue weighted by molar-refractivity contribution is 7.11. The van der Waals surface area contributed by atoms with E-state index in [-0.39, 0.29) is 6.10 Å². The molecule has 0 spiro atoms. The molecule has 0 saturated carbocycles. The summed E-state index contributed by atoms with van der Waals surface area (Å²) in [7, 11) is 0. The van der Waals surface area contributed by atoms with Crippen molar-refractivity contribution in [3.63, 3.8) is 0 Å². The predicted molar refractivity (Wildman–Crippen MR) is 72.7 cm³/mol. The number of aryl methyl sites for hydroxylation is 1. The fourth-order valence-electron chi connectivity index (χ4n) is 2.94. The molecule has 2 aliphatic rings. The van der Waals surface area contributed by atoms with E-state index < -0.39 is 0 Å². The van der Waals surface area contributed by atoms with Gasteiger partial charge in [-0.2, -0.15) is 0 Å². The van der Waals surface area contributed by atoms with Gasteiger partial charge in [-0.3, -0.25) is 4.90 Å². The van der Waals surface area contributed by atoms with Gasteiger partial charge >= 0.3 is 0 Å². The average molecular weight is 267 g/mol. The Morgan fingerprint density at radius 1 is 1.56 bits per heavy atom. The second-order valence-electron chi connectivity index (χ2n) is 5.09. The van der Waals surface area contributed by atoms with E-state index in [2.05, 4.69) is 11.8 Å². The van der Waals surface area contributed by atoms with Gasteiger partial charge in [0.1, 0.15) is 11.1 Å². The summed E-state index contributed by atoms with van der Waals surface area (Å²) < 4.78 is 6.00. The quantitative estimate of drug-likeness (QED) is 0.905.